The Balaban J connectivity index is 1.79. The van der Waals surface area contributed by atoms with Gasteiger partial charge >= 0.3 is 6.18 Å². The highest BCUT2D eigenvalue weighted by Gasteiger charge is 2.33. The number of hydrogen-bond donors (Lipinski definition) is 0. The lowest BCUT2D eigenvalue weighted by atomic mass is 10.1. The third-order valence-corrected chi connectivity index (χ3v) is 5.51. The maximum atomic E-state index is 14.0. The molecule has 0 saturated carbocycles. The van der Waals surface area contributed by atoms with Crippen molar-refractivity contribution in [3.63, 3.8) is 0 Å². The number of nitrogens with zero attached hydrogens (tertiary/aromatic N) is 1. The van der Waals surface area contributed by atoms with Crippen molar-refractivity contribution >= 4 is 39.0 Å². The summed E-state index contributed by atoms with van der Waals surface area (Å²) in [6.45, 7) is 0.317. The zero-order valence-corrected chi connectivity index (χ0v) is 15.6. The second-order valence-electron chi connectivity index (χ2n) is 6.01. The van der Waals surface area contributed by atoms with Gasteiger partial charge in [0.25, 0.3) is 0 Å². The lowest BCUT2D eigenvalue weighted by Crippen LogP contribution is -2.30. The van der Waals surface area contributed by atoms with Crippen molar-refractivity contribution in [1.29, 1.82) is 0 Å². The zero-order chi connectivity index (χ0) is 19.1. The summed E-state index contributed by atoms with van der Waals surface area (Å²) < 4.78 is 52.8. The van der Waals surface area contributed by atoms with E-state index < -0.39 is 22.4 Å². The van der Waals surface area contributed by atoms with Gasteiger partial charge in [0, 0.05) is 22.8 Å². The van der Waals surface area contributed by atoms with Gasteiger partial charge in [0.2, 0.25) is 0 Å². The number of benzene rings is 2. The van der Waals surface area contributed by atoms with Crippen LogP contribution in [0.1, 0.15) is 21.5 Å². The number of hydrogen-bond acceptors (Lipinski definition) is 2. The average Bonchev–Trinajstić information content (AvgIpc) is 2.95. The summed E-state index contributed by atoms with van der Waals surface area (Å²) in [5.41, 5.74) is 0.539. The lowest BCUT2D eigenvalue weighted by molar-refractivity contribution is -0.137. The van der Waals surface area contributed by atoms with Crippen molar-refractivity contribution in [3.8, 4) is 0 Å². The number of fused-ring (bicyclic) bond motifs is 1. The van der Waals surface area contributed by atoms with Gasteiger partial charge in [0.15, 0.2) is 5.78 Å². The molecule has 1 atom stereocenters. The minimum Gasteiger partial charge on any atom is -0.364 e. The number of alkyl halides is 4. The maximum Gasteiger partial charge on any atom is 0.416 e. The molecule has 1 heterocycles. The molecule has 0 saturated heterocycles. The zero-order valence-electron chi connectivity index (χ0n) is 13.3. The van der Waals surface area contributed by atoms with Gasteiger partial charge in [0.05, 0.1) is 12.1 Å². The Morgan fingerprint density at radius 1 is 1.23 bits per heavy atom. The second-order valence-corrected chi connectivity index (χ2v) is 7.36. The van der Waals surface area contributed by atoms with Crippen molar-refractivity contribution < 1.29 is 22.4 Å². The van der Waals surface area contributed by atoms with E-state index in [-0.39, 0.29) is 22.9 Å². The number of anilines is 1. The monoisotopic (exact) mass is 449 g/mol. The van der Waals surface area contributed by atoms with Gasteiger partial charge in [-0.2, -0.15) is 13.2 Å². The predicted molar refractivity (Wildman–Crippen MR) is 95.4 cm³/mol. The van der Waals surface area contributed by atoms with Crippen LogP contribution in [-0.4, -0.2) is 18.9 Å². The molecular weight excluding hydrogens is 438 g/mol. The maximum absolute atomic E-state index is 14.0. The summed E-state index contributed by atoms with van der Waals surface area (Å²) in [5.74, 6) is -0.967. The second kappa shape index (κ2) is 7.19. The SMILES string of the molecule is O=C(CN1CCc2ccc(C(F)(F)F)cc21)C(Br)c1ccc(Cl)cc1F. The van der Waals surface area contributed by atoms with Gasteiger partial charge in [-0.3, -0.25) is 4.79 Å². The number of carbonyl (C=O) groups excluding carboxylic acids is 1. The van der Waals surface area contributed by atoms with E-state index in [4.69, 9.17) is 11.6 Å². The van der Waals surface area contributed by atoms with Gasteiger partial charge in [-0.15, -0.1) is 0 Å². The smallest absolute Gasteiger partial charge is 0.364 e. The van der Waals surface area contributed by atoms with Crippen molar-refractivity contribution in [2.24, 2.45) is 0 Å². The fourth-order valence-corrected chi connectivity index (χ4v) is 3.61. The summed E-state index contributed by atoms with van der Waals surface area (Å²) in [7, 11) is 0. The van der Waals surface area contributed by atoms with E-state index in [9.17, 15) is 22.4 Å². The van der Waals surface area contributed by atoms with Crippen LogP contribution in [0.3, 0.4) is 0 Å². The summed E-state index contributed by atoms with van der Waals surface area (Å²) in [4.78, 5) is 13.2. The molecule has 0 bridgehead atoms. The molecule has 1 unspecified atom stereocenters. The quantitative estimate of drug-likeness (QED) is 0.449. The van der Waals surface area contributed by atoms with Crippen LogP contribution in [0.5, 0.6) is 0 Å². The van der Waals surface area contributed by atoms with Gasteiger partial charge in [0.1, 0.15) is 10.6 Å². The number of Topliss-reactive ketones (excluding diaryl/α,β-unsaturated/α-hetero) is 1. The van der Waals surface area contributed by atoms with Gasteiger partial charge in [-0.1, -0.05) is 39.7 Å². The first kappa shape index (κ1) is 19.2. The Bertz CT molecular complexity index is 856. The molecule has 0 aromatic heterocycles. The highest BCUT2D eigenvalue weighted by Crippen LogP contribution is 2.37. The van der Waals surface area contributed by atoms with Crippen LogP contribution in [0.2, 0.25) is 5.02 Å². The molecule has 0 N–H and O–H groups in total. The van der Waals surface area contributed by atoms with Crippen molar-refractivity contribution in [2.75, 3.05) is 18.0 Å². The fourth-order valence-electron chi connectivity index (χ4n) is 2.93. The lowest BCUT2D eigenvalue weighted by Gasteiger charge is -2.21. The van der Waals surface area contributed by atoms with Gasteiger partial charge < -0.3 is 4.90 Å². The molecule has 8 heteroatoms. The standard InChI is InChI=1S/C18H13BrClF4NO/c19-17(13-4-3-12(20)8-14(13)21)16(26)9-25-6-5-10-1-2-11(7-15(10)25)18(22,23)24/h1-4,7-8,17H,5-6,9H2. The van der Waals surface area contributed by atoms with Crippen LogP contribution in [0.25, 0.3) is 0 Å². The number of carbonyl (C=O) groups is 1. The average molecular weight is 451 g/mol. The highest BCUT2D eigenvalue weighted by atomic mass is 79.9. The fraction of sp³-hybridized carbons (Fsp3) is 0.278. The third kappa shape index (κ3) is 3.88. The Kier molecular flexibility index (Phi) is 5.30. The molecule has 1 aliphatic rings. The summed E-state index contributed by atoms with van der Waals surface area (Å²) in [6.07, 6.45) is -3.89. The molecule has 0 spiro atoms. The molecule has 2 aromatic rings. The largest absolute Gasteiger partial charge is 0.416 e. The first-order chi connectivity index (χ1) is 12.2. The molecule has 26 heavy (non-hydrogen) atoms. The molecule has 0 fully saturated rings. The molecule has 0 aliphatic carbocycles. The Morgan fingerprint density at radius 2 is 1.96 bits per heavy atom. The molecule has 2 aromatic carbocycles. The predicted octanol–water partition coefficient (Wildman–Crippen LogP) is 5.57. The number of rotatable bonds is 4. The topological polar surface area (TPSA) is 20.3 Å². The third-order valence-electron chi connectivity index (χ3n) is 4.27. The summed E-state index contributed by atoms with van der Waals surface area (Å²) in [6, 6.07) is 7.53. The normalized spacial score (nSPS) is 15.1. The van der Waals surface area contributed by atoms with E-state index in [2.05, 4.69) is 15.9 Å². The van der Waals surface area contributed by atoms with E-state index in [1.54, 1.807) is 4.90 Å². The summed E-state index contributed by atoms with van der Waals surface area (Å²) in [5, 5.41) is 0.214. The van der Waals surface area contributed by atoms with Crippen LogP contribution in [0.15, 0.2) is 36.4 Å². The molecule has 3 rings (SSSR count). The van der Waals surface area contributed by atoms with Gasteiger partial charge in [-0.05, 0) is 36.2 Å². The Morgan fingerprint density at radius 3 is 2.62 bits per heavy atom. The van der Waals surface area contributed by atoms with E-state index in [0.29, 0.717) is 18.7 Å². The molecule has 1 aliphatic heterocycles. The van der Waals surface area contributed by atoms with Crippen LogP contribution in [-0.2, 0) is 17.4 Å². The molecule has 2 nitrogen and oxygen atoms in total. The molecular formula is C18H13BrClF4NO. The Hall–Kier alpha value is -1.60. The van der Waals surface area contributed by atoms with E-state index >= 15 is 0 Å². The first-order valence-electron chi connectivity index (χ1n) is 7.73. The minimum absolute atomic E-state index is 0.119. The summed E-state index contributed by atoms with van der Waals surface area (Å²) >= 11 is 8.89. The first-order valence-corrected chi connectivity index (χ1v) is 9.03. The van der Waals surface area contributed by atoms with Gasteiger partial charge in [-0.25, -0.2) is 4.39 Å². The van der Waals surface area contributed by atoms with E-state index in [0.717, 1.165) is 23.8 Å². The van der Waals surface area contributed by atoms with Crippen molar-refractivity contribution in [3.05, 3.63) is 63.9 Å². The molecule has 0 amide bonds. The van der Waals surface area contributed by atoms with Crippen LogP contribution < -0.4 is 4.90 Å². The number of halogens is 6. The molecule has 0 radical (unpaired) electrons. The van der Waals surface area contributed by atoms with Crippen LogP contribution in [0, 0.1) is 5.82 Å². The van der Waals surface area contributed by atoms with E-state index in [1.165, 1.54) is 18.2 Å². The van der Waals surface area contributed by atoms with Crippen molar-refractivity contribution in [2.45, 2.75) is 17.4 Å². The number of ketones is 1. The molecule has 138 valence electrons. The minimum atomic E-state index is -4.45. The van der Waals surface area contributed by atoms with Crippen molar-refractivity contribution in [1.82, 2.24) is 0 Å². The highest BCUT2D eigenvalue weighted by molar-refractivity contribution is 9.09. The van der Waals surface area contributed by atoms with Crippen LogP contribution >= 0.6 is 27.5 Å². The Labute approximate surface area is 160 Å². The van der Waals surface area contributed by atoms with Crippen LogP contribution in [0.4, 0.5) is 23.2 Å². The van der Waals surface area contributed by atoms with E-state index in [1.807, 2.05) is 0 Å².